The molecule has 1 aromatic carbocycles. The molecule has 0 saturated carbocycles. The summed E-state index contributed by atoms with van der Waals surface area (Å²) in [7, 11) is 0. The van der Waals surface area contributed by atoms with Gasteiger partial charge in [-0.25, -0.2) is 4.98 Å². The van der Waals surface area contributed by atoms with Gasteiger partial charge in [0.25, 0.3) is 0 Å². The van der Waals surface area contributed by atoms with Gasteiger partial charge in [0.15, 0.2) is 11.6 Å². The van der Waals surface area contributed by atoms with Crippen molar-refractivity contribution in [3.05, 3.63) is 48.2 Å². The van der Waals surface area contributed by atoms with Gasteiger partial charge in [0.05, 0.1) is 6.54 Å². The number of aryl methyl sites for hydroxylation is 1. The molecule has 3 aromatic rings. The minimum atomic E-state index is 0.251. The third-order valence-electron chi connectivity index (χ3n) is 6.22. The summed E-state index contributed by atoms with van der Waals surface area (Å²) in [5.74, 6) is 3.28. The van der Waals surface area contributed by atoms with E-state index in [2.05, 4.69) is 55.1 Å². The molecule has 1 saturated heterocycles. The second-order valence-corrected chi connectivity index (χ2v) is 8.33. The first-order valence-electron chi connectivity index (χ1n) is 11.0. The van der Waals surface area contributed by atoms with Gasteiger partial charge in [-0.05, 0) is 56.4 Å². The fraction of sp³-hybridized carbons (Fsp3) is 0.375. The van der Waals surface area contributed by atoms with Crippen molar-refractivity contribution in [2.24, 2.45) is 10.9 Å². The van der Waals surface area contributed by atoms with Crippen LogP contribution in [0.3, 0.4) is 0 Å². The van der Waals surface area contributed by atoms with Crippen LogP contribution in [0, 0.1) is 12.8 Å². The molecule has 1 fully saturated rings. The number of para-hydroxylation sites is 1. The van der Waals surface area contributed by atoms with Crippen LogP contribution in [0.1, 0.15) is 25.0 Å². The van der Waals surface area contributed by atoms with Crippen LogP contribution >= 0.6 is 0 Å². The molecule has 0 radical (unpaired) electrons. The molecule has 7 nitrogen and oxygen atoms in total. The lowest BCUT2D eigenvalue weighted by molar-refractivity contribution is 0.383. The van der Waals surface area contributed by atoms with Gasteiger partial charge in [0.1, 0.15) is 17.1 Å². The lowest BCUT2D eigenvalue weighted by Gasteiger charge is -2.35. The van der Waals surface area contributed by atoms with Gasteiger partial charge in [-0.1, -0.05) is 18.2 Å². The van der Waals surface area contributed by atoms with Crippen molar-refractivity contribution in [3.63, 3.8) is 0 Å². The number of furan rings is 1. The van der Waals surface area contributed by atoms with Crippen LogP contribution in [0.25, 0.3) is 11.5 Å². The van der Waals surface area contributed by atoms with Crippen molar-refractivity contribution in [2.75, 3.05) is 41.7 Å². The molecular formula is C24H28N6O. The fourth-order valence-corrected chi connectivity index (χ4v) is 4.50. The summed E-state index contributed by atoms with van der Waals surface area (Å²) in [5, 5.41) is 0. The fourth-order valence-electron chi connectivity index (χ4n) is 4.50. The van der Waals surface area contributed by atoms with Crippen molar-refractivity contribution in [3.8, 4) is 11.5 Å². The van der Waals surface area contributed by atoms with Gasteiger partial charge in [0, 0.05) is 31.5 Å². The third-order valence-corrected chi connectivity index (χ3v) is 6.22. The molecule has 0 aliphatic carbocycles. The Hall–Kier alpha value is -3.35. The summed E-state index contributed by atoms with van der Waals surface area (Å²) >= 11 is 0. The van der Waals surface area contributed by atoms with E-state index in [-0.39, 0.29) is 5.95 Å². The van der Waals surface area contributed by atoms with E-state index >= 15 is 0 Å². The SMILES string of the molecule is Cc1ccc(-c2nc(N)nc3c2N=CCN3CCC2CCN(c3ccccc3)CC2)o1. The zero-order chi connectivity index (χ0) is 21.2. The van der Waals surface area contributed by atoms with E-state index in [1.54, 1.807) is 0 Å². The molecule has 0 spiro atoms. The van der Waals surface area contributed by atoms with Crippen LogP contribution in [0.2, 0.25) is 0 Å². The van der Waals surface area contributed by atoms with Crippen LogP contribution < -0.4 is 15.5 Å². The number of aromatic nitrogens is 2. The Bertz CT molecular complexity index is 1070. The zero-order valence-electron chi connectivity index (χ0n) is 17.9. The summed E-state index contributed by atoms with van der Waals surface area (Å²) in [5.41, 5.74) is 8.78. The van der Waals surface area contributed by atoms with E-state index in [0.29, 0.717) is 17.4 Å². The topological polar surface area (TPSA) is 83.8 Å². The predicted molar refractivity (Wildman–Crippen MR) is 125 cm³/mol. The minimum Gasteiger partial charge on any atom is -0.460 e. The normalized spacial score (nSPS) is 16.5. The summed E-state index contributed by atoms with van der Waals surface area (Å²) < 4.78 is 5.78. The van der Waals surface area contributed by atoms with Gasteiger partial charge < -0.3 is 20.0 Å². The van der Waals surface area contributed by atoms with Crippen molar-refractivity contribution in [1.82, 2.24) is 9.97 Å². The van der Waals surface area contributed by atoms with E-state index in [9.17, 15) is 0 Å². The number of piperidine rings is 1. The van der Waals surface area contributed by atoms with E-state index in [4.69, 9.17) is 10.2 Å². The molecular weight excluding hydrogens is 388 g/mol. The number of rotatable bonds is 5. The lowest BCUT2D eigenvalue weighted by Crippen LogP contribution is -2.36. The Morgan fingerprint density at radius 2 is 1.87 bits per heavy atom. The summed E-state index contributed by atoms with van der Waals surface area (Å²) in [6.07, 6.45) is 5.49. The summed E-state index contributed by atoms with van der Waals surface area (Å²) in [6.45, 7) is 5.82. The van der Waals surface area contributed by atoms with E-state index in [0.717, 1.165) is 49.9 Å². The second-order valence-electron chi connectivity index (χ2n) is 8.33. The maximum Gasteiger partial charge on any atom is 0.222 e. The average molecular weight is 417 g/mol. The summed E-state index contributed by atoms with van der Waals surface area (Å²) in [6, 6.07) is 14.5. The van der Waals surface area contributed by atoms with Gasteiger partial charge in [-0.15, -0.1) is 0 Å². The first-order valence-corrected chi connectivity index (χ1v) is 11.0. The molecule has 0 bridgehead atoms. The Balaban J connectivity index is 1.26. The number of anilines is 3. The molecule has 4 heterocycles. The number of hydrogen-bond donors (Lipinski definition) is 1. The molecule has 31 heavy (non-hydrogen) atoms. The quantitative estimate of drug-likeness (QED) is 0.661. The zero-order valence-corrected chi connectivity index (χ0v) is 17.9. The second kappa shape index (κ2) is 8.41. The van der Waals surface area contributed by atoms with E-state index in [1.165, 1.54) is 18.5 Å². The first kappa shape index (κ1) is 19.6. The molecule has 160 valence electrons. The van der Waals surface area contributed by atoms with Gasteiger partial charge >= 0.3 is 0 Å². The van der Waals surface area contributed by atoms with Crippen LogP contribution in [0.4, 0.5) is 23.1 Å². The number of nitrogens with zero attached hydrogens (tertiary/aromatic N) is 5. The lowest BCUT2D eigenvalue weighted by atomic mass is 9.93. The molecule has 2 aliphatic heterocycles. The van der Waals surface area contributed by atoms with Crippen molar-refractivity contribution in [1.29, 1.82) is 0 Å². The molecule has 2 aliphatic rings. The monoisotopic (exact) mass is 416 g/mol. The van der Waals surface area contributed by atoms with Gasteiger partial charge in [-0.2, -0.15) is 4.98 Å². The molecule has 0 atom stereocenters. The molecule has 2 aromatic heterocycles. The standard InChI is InChI=1S/C24H28N6O/c1-17-7-8-20(31-17)21-22-23(28-24(25)27-21)30(16-12-26-22)15-11-18-9-13-29(14-10-18)19-5-3-2-4-6-19/h2-8,12,18H,9-11,13-16H2,1H3,(H2,25,27,28). The van der Waals surface area contributed by atoms with Gasteiger partial charge in [0.2, 0.25) is 5.95 Å². The third kappa shape index (κ3) is 4.13. The number of benzene rings is 1. The Labute approximate surface area is 182 Å². The number of nitrogen functional groups attached to an aromatic ring is 1. The smallest absolute Gasteiger partial charge is 0.222 e. The Morgan fingerprint density at radius 3 is 2.61 bits per heavy atom. The highest BCUT2D eigenvalue weighted by Crippen LogP contribution is 2.39. The number of hydrogen-bond acceptors (Lipinski definition) is 7. The number of fused-ring (bicyclic) bond motifs is 1. The van der Waals surface area contributed by atoms with Crippen molar-refractivity contribution < 1.29 is 4.42 Å². The predicted octanol–water partition coefficient (Wildman–Crippen LogP) is 4.46. The maximum absolute atomic E-state index is 6.05. The van der Waals surface area contributed by atoms with Gasteiger partial charge in [-0.3, -0.25) is 4.99 Å². The molecule has 7 heteroatoms. The largest absolute Gasteiger partial charge is 0.460 e. The highest BCUT2D eigenvalue weighted by Gasteiger charge is 2.25. The van der Waals surface area contributed by atoms with Crippen molar-refractivity contribution in [2.45, 2.75) is 26.2 Å². The van der Waals surface area contributed by atoms with Crippen LogP contribution in [-0.2, 0) is 0 Å². The molecule has 5 rings (SSSR count). The molecule has 2 N–H and O–H groups in total. The van der Waals surface area contributed by atoms with Crippen LogP contribution in [0.15, 0.2) is 51.9 Å². The average Bonchev–Trinajstić information content (AvgIpc) is 3.24. The van der Waals surface area contributed by atoms with Crippen LogP contribution in [0.5, 0.6) is 0 Å². The Kier molecular flexibility index (Phi) is 5.32. The number of nitrogens with two attached hydrogens (primary N) is 1. The molecule has 0 unspecified atom stereocenters. The minimum absolute atomic E-state index is 0.251. The highest BCUT2D eigenvalue weighted by atomic mass is 16.3. The summed E-state index contributed by atoms with van der Waals surface area (Å²) in [4.78, 5) is 18.3. The number of aliphatic imine (C=N–C) groups is 1. The van der Waals surface area contributed by atoms with E-state index in [1.807, 2.05) is 25.3 Å². The van der Waals surface area contributed by atoms with Crippen LogP contribution in [-0.4, -0.2) is 42.4 Å². The molecule has 0 amide bonds. The van der Waals surface area contributed by atoms with E-state index < -0.39 is 0 Å². The Morgan fingerprint density at radius 1 is 1.06 bits per heavy atom. The highest BCUT2D eigenvalue weighted by molar-refractivity contribution is 5.87. The maximum atomic E-state index is 6.05. The van der Waals surface area contributed by atoms with Crippen molar-refractivity contribution >= 4 is 29.4 Å². The first-order chi connectivity index (χ1) is 15.2.